The monoisotopic (exact) mass is 230 g/mol. The number of hydrogen-bond acceptors (Lipinski definition) is 3. The molecule has 0 radical (unpaired) electrons. The Morgan fingerprint density at radius 1 is 1.53 bits per heavy atom. The Labute approximate surface area is 103 Å². The third kappa shape index (κ3) is 3.56. The lowest BCUT2D eigenvalue weighted by Gasteiger charge is -2.09. The molecule has 0 aliphatic rings. The summed E-state index contributed by atoms with van der Waals surface area (Å²) in [7, 11) is 3.77. The minimum absolute atomic E-state index is 0.385. The predicted molar refractivity (Wildman–Crippen MR) is 69.5 cm³/mol. The molecule has 0 saturated carbocycles. The molecular formula is C13H18N4. The SMILES string of the molecule is CCC(C)c1ccc(C#N)c(/N=C\N(C)C)n1. The van der Waals surface area contributed by atoms with E-state index in [0.29, 0.717) is 17.3 Å². The van der Waals surface area contributed by atoms with Gasteiger partial charge in [-0.05, 0) is 24.5 Å². The molecule has 1 unspecified atom stereocenters. The molecule has 1 atom stereocenters. The van der Waals surface area contributed by atoms with E-state index >= 15 is 0 Å². The Bertz CT molecular complexity index is 443. The molecule has 0 saturated heterocycles. The fourth-order valence-electron chi connectivity index (χ4n) is 1.30. The van der Waals surface area contributed by atoms with Gasteiger partial charge in [-0.25, -0.2) is 9.98 Å². The Balaban J connectivity index is 3.12. The molecule has 0 aliphatic heterocycles. The van der Waals surface area contributed by atoms with Crippen molar-refractivity contribution in [3.63, 3.8) is 0 Å². The smallest absolute Gasteiger partial charge is 0.171 e. The fraction of sp³-hybridized carbons (Fsp3) is 0.462. The van der Waals surface area contributed by atoms with Gasteiger partial charge in [-0.1, -0.05) is 13.8 Å². The van der Waals surface area contributed by atoms with Gasteiger partial charge >= 0.3 is 0 Å². The highest BCUT2D eigenvalue weighted by Crippen LogP contribution is 2.22. The van der Waals surface area contributed by atoms with Crippen molar-refractivity contribution in [2.75, 3.05) is 14.1 Å². The van der Waals surface area contributed by atoms with E-state index in [-0.39, 0.29) is 0 Å². The Morgan fingerprint density at radius 2 is 2.24 bits per heavy atom. The van der Waals surface area contributed by atoms with E-state index in [1.54, 1.807) is 12.4 Å². The van der Waals surface area contributed by atoms with Crippen LogP contribution in [-0.4, -0.2) is 30.3 Å². The van der Waals surface area contributed by atoms with E-state index in [4.69, 9.17) is 5.26 Å². The van der Waals surface area contributed by atoms with Crippen LogP contribution < -0.4 is 0 Å². The van der Waals surface area contributed by atoms with Gasteiger partial charge in [-0.2, -0.15) is 5.26 Å². The van der Waals surface area contributed by atoms with Crippen molar-refractivity contribution >= 4 is 12.2 Å². The minimum Gasteiger partial charge on any atom is -0.369 e. The van der Waals surface area contributed by atoms with Crippen molar-refractivity contribution in [1.29, 1.82) is 5.26 Å². The fourth-order valence-corrected chi connectivity index (χ4v) is 1.30. The highest BCUT2D eigenvalue weighted by atomic mass is 15.1. The molecule has 1 rings (SSSR count). The van der Waals surface area contributed by atoms with Crippen LogP contribution >= 0.6 is 0 Å². The summed E-state index contributed by atoms with van der Waals surface area (Å²) in [4.78, 5) is 10.5. The summed E-state index contributed by atoms with van der Waals surface area (Å²) in [5.74, 6) is 0.884. The Hall–Kier alpha value is -1.89. The summed E-state index contributed by atoms with van der Waals surface area (Å²) in [6.07, 6.45) is 2.68. The molecule has 1 aromatic rings. The topological polar surface area (TPSA) is 52.3 Å². The average Bonchev–Trinajstić information content (AvgIpc) is 2.34. The maximum Gasteiger partial charge on any atom is 0.171 e. The third-order valence-electron chi connectivity index (χ3n) is 2.55. The third-order valence-corrected chi connectivity index (χ3v) is 2.55. The van der Waals surface area contributed by atoms with Crippen molar-refractivity contribution in [2.45, 2.75) is 26.2 Å². The number of rotatable bonds is 4. The van der Waals surface area contributed by atoms with Crippen molar-refractivity contribution in [3.05, 3.63) is 23.4 Å². The van der Waals surface area contributed by atoms with Crippen molar-refractivity contribution in [1.82, 2.24) is 9.88 Å². The quantitative estimate of drug-likeness (QED) is 0.590. The molecule has 17 heavy (non-hydrogen) atoms. The first-order chi connectivity index (χ1) is 8.08. The molecule has 0 fully saturated rings. The lowest BCUT2D eigenvalue weighted by Crippen LogP contribution is -2.07. The summed E-state index contributed by atoms with van der Waals surface area (Å²) in [5.41, 5.74) is 1.49. The number of aliphatic imine (C=N–C) groups is 1. The van der Waals surface area contributed by atoms with E-state index in [1.165, 1.54) is 0 Å². The van der Waals surface area contributed by atoms with Crippen LogP contribution in [0.5, 0.6) is 0 Å². The Morgan fingerprint density at radius 3 is 2.76 bits per heavy atom. The number of nitrogens with zero attached hydrogens (tertiary/aromatic N) is 4. The second-order valence-corrected chi connectivity index (χ2v) is 4.24. The highest BCUT2D eigenvalue weighted by molar-refractivity contribution is 5.62. The molecule has 0 amide bonds. The number of pyridine rings is 1. The molecule has 0 bridgehead atoms. The van der Waals surface area contributed by atoms with E-state index in [9.17, 15) is 0 Å². The molecule has 4 heteroatoms. The first kappa shape index (κ1) is 13.2. The predicted octanol–water partition coefficient (Wildman–Crippen LogP) is 2.69. The highest BCUT2D eigenvalue weighted by Gasteiger charge is 2.08. The summed E-state index contributed by atoms with van der Waals surface area (Å²) in [5, 5.41) is 8.99. The van der Waals surface area contributed by atoms with Crippen LogP contribution in [0.1, 0.15) is 37.4 Å². The van der Waals surface area contributed by atoms with Crippen LogP contribution in [-0.2, 0) is 0 Å². The average molecular weight is 230 g/mol. The zero-order chi connectivity index (χ0) is 12.8. The molecule has 0 aromatic carbocycles. The van der Waals surface area contributed by atoms with Gasteiger partial charge in [0.15, 0.2) is 5.82 Å². The first-order valence-corrected chi connectivity index (χ1v) is 5.70. The summed E-state index contributed by atoms with van der Waals surface area (Å²) in [6, 6.07) is 5.80. The molecule has 0 aliphatic carbocycles. The van der Waals surface area contributed by atoms with Gasteiger partial charge in [0.25, 0.3) is 0 Å². The number of nitriles is 1. The van der Waals surface area contributed by atoms with Gasteiger partial charge in [0.2, 0.25) is 0 Å². The standard InChI is InChI=1S/C13H18N4/c1-5-10(2)12-7-6-11(8-14)13(16-12)15-9-17(3)4/h6-7,9-10H,5H2,1-4H3/b15-9-. The lowest BCUT2D eigenvalue weighted by atomic mass is 10.0. The molecule has 1 heterocycles. The zero-order valence-corrected chi connectivity index (χ0v) is 10.8. The van der Waals surface area contributed by atoms with Crippen LogP contribution in [0.25, 0.3) is 0 Å². The maximum atomic E-state index is 8.99. The van der Waals surface area contributed by atoms with Gasteiger partial charge in [0.05, 0.1) is 11.9 Å². The first-order valence-electron chi connectivity index (χ1n) is 5.70. The van der Waals surface area contributed by atoms with Crippen LogP contribution in [0.4, 0.5) is 5.82 Å². The van der Waals surface area contributed by atoms with Crippen molar-refractivity contribution in [3.8, 4) is 6.07 Å². The van der Waals surface area contributed by atoms with Crippen LogP contribution in [0, 0.1) is 11.3 Å². The summed E-state index contributed by atoms with van der Waals surface area (Å²) >= 11 is 0. The lowest BCUT2D eigenvalue weighted by molar-refractivity contribution is 0.642. The molecule has 4 nitrogen and oxygen atoms in total. The van der Waals surface area contributed by atoms with Gasteiger partial charge < -0.3 is 4.90 Å². The van der Waals surface area contributed by atoms with E-state index in [2.05, 4.69) is 29.9 Å². The molecular weight excluding hydrogens is 212 g/mol. The largest absolute Gasteiger partial charge is 0.369 e. The van der Waals surface area contributed by atoms with Gasteiger partial charge in [0, 0.05) is 19.8 Å². The van der Waals surface area contributed by atoms with E-state index in [1.807, 2.05) is 25.1 Å². The van der Waals surface area contributed by atoms with Gasteiger partial charge in [-0.15, -0.1) is 0 Å². The molecule has 90 valence electrons. The van der Waals surface area contributed by atoms with Crippen molar-refractivity contribution in [2.24, 2.45) is 4.99 Å². The van der Waals surface area contributed by atoms with Crippen molar-refractivity contribution < 1.29 is 0 Å². The molecule has 0 N–H and O–H groups in total. The minimum atomic E-state index is 0.385. The molecule has 0 spiro atoms. The summed E-state index contributed by atoms with van der Waals surface area (Å²) < 4.78 is 0. The zero-order valence-electron chi connectivity index (χ0n) is 10.8. The van der Waals surface area contributed by atoms with Gasteiger partial charge in [0.1, 0.15) is 6.07 Å². The second-order valence-electron chi connectivity index (χ2n) is 4.24. The number of hydrogen-bond donors (Lipinski definition) is 0. The van der Waals surface area contributed by atoms with Crippen LogP contribution in [0.3, 0.4) is 0 Å². The maximum absolute atomic E-state index is 8.99. The summed E-state index contributed by atoms with van der Waals surface area (Å²) in [6.45, 7) is 4.24. The van der Waals surface area contributed by atoms with E-state index in [0.717, 1.165) is 12.1 Å². The van der Waals surface area contributed by atoms with Crippen LogP contribution in [0.15, 0.2) is 17.1 Å². The molecule has 1 aromatic heterocycles. The Kier molecular flexibility index (Phi) is 4.65. The van der Waals surface area contributed by atoms with E-state index < -0.39 is 0 Å². The normalized spacial score (nSPS) is 12.4. The second kappa shape index (κ2) is 6.00. The van der Waals surface area contributed by atoms with Crippen LogP contribution in [0.2, 0.25) is 0 Å². The van der Waals surface area contributed by atoms with Gasteiger partial charge in [-0.3, -0.25) is 0 Å². The number of aromatic nitrogens is 1.